The first-order chi connectivity index (χ1) is 19.9. The number of nitrogens with zero attached hydrogens (tertiary/aromatic N) is 6. The molecule has 6 rings (SSSR count). The molecule has 0 bridgehead atoms. The third kappa shape index (κ3) is 4.64. The molecule has 3 N–H and O–H groups in total. The number of aromatic nitrogens is 6. The average Bonchev–Trinajstić information content (AvgIpc) is 3.42. The maximum absolute atomic E-state index is 13.8. The average molecular weight is 605 g/mol. The summed E-state index contributed by atoms with van der Waals surface area (Å²) < 4.78 is 71.7. The zero-order valence-corrected chi connectivity index (χ0v) is 22.8. The lowest BCUT2D eigenvalue weighted by molar-refractivity contribution is -0.140. The number of fused-ring (bicyclic) bond motifs is 2. The van der Waals surface area contributed by atoms with E-state index in [9.17, 15) is 31.5 Å². The predicted molar refractivity (Wildman–Crippen MR) is 143 cm³/mol. The van der Waals surface area contributed by atoms with Crippen molar-refractivity contribution < 1.29 is 31.5 Å². The standard InChI is InChI=1S/C26H21F5N8O2S/c1-3-38-10(2)13(9-33-38)12-6-17(26(29,30)31)35-25-19(12)20(21(42-25)23(32)40)36-24(41)15-8-18-34-14(11-4-5-11)7-16(22(27)28)39(18)37-15/h6-9,11,22H,3-5H2,1-2H3,(H2,32,40)(H,36,41). The Kier molecular flexibility index (Phi) is 6.47. The van der Waals surface area contributed by atoms with E-state index in [1.807, 2.05) is 6.92 Å². The van der Waals surface area contributed by atoms with Crippen LogP contribution in [0.4, 0.5) is 27.6 Å². The number of hydrogen-bond acceptors (Lipinski definition) is 7. The number of nitrogens with two attached hydrogens (primary N) is 1. The van der Waals surface area contributed by atoms with Crippen LogP contribution in [0, 0.1) is 6.92 Å². The Hall–Kier alpha value is -4.47. The van der Waals surface area contributed by atoms with Crippen molar-refractivity contribution in [2.75, 3.05) is 5.32 Å². The molecule has 42 heavy (non-hydrogen) atoms. The molecule has 1 fully saturated rings. The monoisotopic (exact) mass is 604 g/mol. The summed E-state index contributed by atoms with van der Waals surface area (Å²) in [5, 5.41) is 10.8. The first-order valence-corrected chi connectivity index (χ1v) is 13.6. The molecule has 1 aliphatic carbocycles. The smallest absolute Gasteiger partial charge is 0.365 e. The van der Waals surface area contributed by atoms with Crippen molar-refractivity contribution in [3.05, 3.63) is 57.7 Å². The van der Waals surface area contributed by atoms with Crippen molar-refractivity contribution in [1.82, 2.24) is 29.4 Å². The number of nitrogens with one attached hydrogen (secondary N) is 1. The van der Waals surface area contributed by atoms with Crippen LogP contribution in [0.25, 0.3) is 27.0 Å². The third-order valence-corrected chi connectivity index (χ3v) is 8.13. The fourth-order valence-electron chi connectivity index (χ4n) is 4.83. The van der Waals surface area contributed by atoms with Gasteiger partial charge in [-0.25, -0.2) is 23.3 Å². The van der Waals surface area contributed by atoms with E-state index in [1.54, 1.807) is 11.6 Å². The summed E-state index contributed by atoms with van der Waals surface area (Å²) in [5.41, 5.74) is 4.84. The minimum absolute atomic E-state index is 0.0225. The fourth-order valence-corrected chi connectivity index (χ4v) is 5.84. The minimum atomic E-state index is -4.82. The molecule has 16 heteroatoms. The fraction of sp³-hybridized carbons (Fsp3) is 0.308. The van der Waals surface area contributed by atoms with Crippen LogP contribution >= 0.6 is 11.3 Å². The van der Waals surface area contributed by atoms with Crippen LogP contribution in [0.3, 0.4) is 0 Å². The van der Waals surface area contributed by atoms with E-state index < -0.39 is 35.8 Å². The van der Waals surface area contributed by atoms with Gasteiger partial charge < -0.3 is 11.1 Å². The zero-order valence-electron chi connectivity index (χ0n) is 22.0. The van der Waals surface area contributed by atoms with E-state index in [0.29, 0.717) is 34.8 Å². The summed E-state index contributed by atoms with van der Waals surface area (Å²) in [5.74, 6) is -1.87. The summed E-state index contributed by atoms with van der Waals surface area (Å²) in [6, 6.07) is 3.31. The maximum Gasteiger partial charge on any atom is 0.433 e. The number of primary amides is 1. The number of alkyl halides is 5. The summed E-state index contributed by atoms with van der Waals surface area (Å²) in [4.78, 5) is 33.5. The van der Waals surface area contributed by atoms with Crippen molar-refractivity contribution in [2.24, 2.45) is 5.73 Å². The van der Waals surface area contributed by atoms with Gasteiger partial charge in [0, 0.05) is 40.9 Å². The Bertz CT molecular complexity index is 1900. The molecule has 5 aromatic heterocycles. The molecule has 5 aromatic rings. The maximum atomic E-state index is 13.8. The van der Waals surface area contributed by atoms with E-state index in [4.69, 9.17) is 5.73 Å². The van der Waals surface area contributed by atoms with Crippen molar-refractivity contribution in [1.29, 1.82) is 0 Å². The number of anilines is 1. The first-order valence-electron chi connectivity index (χ1n) is 12.7. The normalized spacial score (nSPS) is 13.9. The highest BCUT2D eigenvalue weighted by Crippen LogP contribution is 2.44. The molecule has 0 aliphatic heterocycles. The number of aryl methyl sites for hydroxylation is 1. The summed E-state index contributed by atoms with van der Waals surface area (Å²) in [7, 11) is 0. The first kappa shape index (κ1) is 27.7. The lowest BCUT2D eigenvalue weighted by Crippen LogP contribution is -2.17. The Morgan fingerprint density at radius 3 is 2.50 bits per heavy atom. The van der Waals surface area contributed by atoms with Gasteiger partial charge in [0.05, 0.1) is 11.9 Å². The molecule has 0 saturated heterocycles. The highest BCUT2D eigenvalue weighted by Gasteiger charge is 2.36. The van der Waals surface area contributed by atoms with Crippen LogP contribution in [0.15, 0.2) is 24.4 Å². The second-order valence-electron chi connectivity index (χ2n) is 9.80. The van der Waals surface area contributed by atoms with Gasteiger partial charge in [-0.2, -0.15) is 23.4 Å². The SMILES string of the molecule is CCn1ncc(-c2cc(C(F)(F)F)nc3sc(C(N)=O)c(NC(=O)c4cc5nc(C6CC6)cc(C(F)F)n5n4)c23)c1C. The molecule has 0 radical (unpaired) electrons. The molecular formula is C26H21F5N8O2S. The number of carbonyl (C=O) groups is 2. The van der Waals surface area contributed by atoms with Crippen molar-refractivity contribution >= 4 is 44.7 Å². The Morgan fingerprint density at radius 1 is 1.17 bits per heavy atom. The Labute approximate surface area is 237 Å². The van der Waals surface area contributed by atoms with Gasteiger partial charge in [-0.1, -0.05) is 0 Å². The number of carbonyl (C=O) groups excluding carboxylic acids is 2. The van der Waals surface area contributed by atoms with E-state index in [1.165, 1.54) is 18.3 Å². The molecular weight excluding hydrogens is 583 g/mol. The summed E-state index contributed by atoms with van der Waals surface area (Å²) in [6.07, 6.45) is -4.69. The zero-order chi connectivity index (χ0) is 30.1. The second-order valence-corrected chi connectivity index (χ2v) is 10.8. The topological polar surface area (TPSA) is 133 Å². The number of thiophene rings is 1. The minimum Gasteiger partial charge on any atom is -0.365 e. The highest BCUT2D eigenvalue weighted by molar-refractivity contribution is 7.21. The predicted octanol–water partition coefficient (Wildman–Crippen LogP) is 5.72. The molecule has 218 valence electrons. The van der Waals surface area contributed by atoms with E-state index >= 15 is 0 Å². The van der Waals surface area contributed by atoms with E-state index in [0.717, 1.165) is 23.4 Å². The van der Waals surface area contributed by atoms with Gasteiger partial charge >= 0.3 is 6.18 Å². The molecule has 0 spiro atoms. The molecule has 1 saturated carbocycles. The van der Waals surface area contributed by atoms with Gasteiger partial charge in [0.25, 0.3) is 18.2 Å². The number of pyridine rings is 1. The number of hydrogen-bond donors (Lipinski definition) is 2. The van der Waals surface area contributed by atoms with Crippen LogP contribution in [0.1, 0.15) is 75.0 Å². The highest BCUT2D eigenvalue weighted by atomic mass is 32.1. The number of halogens is 5. The summed E-state index contributed by atoms with van der Waals surface area (Å²) in [6.45, 7) is 3.92. The largest absolute Gasteiger partial charge is 0.433 e. The molecule has 2 amide bonds. The van der Waals surface area contributed by atoms with Gasteiger partial charge in [0.1, 0.15) is 21.1 Å². The molecule has 0 atom stereocenters. The van der Waals surface area contributed by atoms with Crippen molar-refractivity contribution in [3.8, 4) is 11.1 Å². The lowest BCUT2D eigenvalue weighted by Gasteiger charge is -2.12. The van der Waals surface area contributed by atoms with Crippen LogP contribution in [0.2, 0.25) is 0 Å². The van der Waals surface area contributed by atoms with Crippen LogP contribution in [-0.4, -0.2) is 41.2 Å². The van der Waals surface area contributed by atoms with Gasteiger partial charge in [-0.05, 0) is 44.4 Å². The third-order valence-electron chi connectivity index (χ3n) is 7.03. The van der Waals surface area contributed by atoms with Gasteiger partial charge in [-0.15, -0.1) is 11.3 Å². The van der Waals surface area contributed by atoms with Crippen molar-refractivity contribution in [2.45, 2.75) is 51.8 Å². The van der Waals surface area contributed by atoms with Gasteiger partial charge in [0.15, 0.2) is 11.3 Å². The second kappa shape index (κ2) is 9.82. The lowest BCUT2D eigenvalue weighted by atomic mass is 10.0. The Morgan fingerprint density at radius 2 is 1.90 bits per heavy atom. The molecule has 1 aliphatic rings. The quantitative estimate of drug-likeness (QED) is 0.229. The van der Waals surface area contributed by atoms with Crippen LogP contribution in [-0.2, 0) is 12.7 Å². The van der Waals surface area contributed by atoms with E-state index in [2.05, 4.69) is 25.5 Å². The van der Waals surface area contributed by atoms with Gasteiger partial charge in [0.2, 0.25) is 0 Å². The summed E-state index contributed by atoms with van der Waals surface area (Å²) >= 11 is 0.585. The van der Waals surface area contributed by atoms with E-state index in [-0.39, 0.29) is 43.6 Å². The molecule has 5 heterocycles. The molecule has 10 nitrogen and oxygen atoms in total. The number of amides is 2. The Balaban J connectivity index is 1.52. The number of rotatable bonds is 7. The van der Waals surface area contributed by atoms with Crippen molar-refractivity contribution in [3.63, 3.8) is 0 Å². The van der Waals surface area contributed by atoms with Crippen LogP contribution < -0.4 is 11.1 Å². The molecule has 0 aromatic carbocycles. The molecule has 0 unspecified atom stereocenters. The van der Waals surface area contributed by atoms with Gasteiger partial charge in [-0.3, -0.25) is 14.3 Å². The van der Waals surface area contributed by atoms with Crippen LogP contribution in [0.5, 0.6) is 0 Å².